The van der Waals surface area contributed by atoms with Gasteiger partial charge in [0.2, 0.25) is 0 Å². The van der Waals surface area contributed by atoms with Crippen molar-refractivity contribution in [1.29, 1.82) is 0 Å². The normalized spacial score (nSPS) is 40.9. The molecule has 2 saturated carbocycles. The maximum Gasteiger partial charge on any atom is 0.0309 e. The monoisotopic (exact) mass is 194 g/mol. The van der Waals surface area contributed by atoms with Crippen LogP contribution >= 0.6 is 0 Å². The van der Waals surface area contributed by atoms with Crippen molar-refractivity contribution in [2.75, 3.05) is 19.6 Å². The smallest absolute Gasteiger partial charge is 0.0309 e. The van der Waals surface area contributed by atoms with Crippen LogP contribution in [0.25, 0.3) is 0 Å². The van der Waals surface area contributed by atoms with Gasteiger partial charge < -0.3 is 5.32 Å². The zero-order chi connectivity index (χ0) is 9.60. The van der Waals surface area contributed by atoms with Gasteiger partial charge in [-0.3, -0.25) is 4.90 Å². The third kappa shape index (κ3) is 1.49. The molecule has 2 heteroatoms. The van der Waals surface area contributed by atoms with E-state index in [1.54, 1.807) is 0 Å². The summed E-state index contributed by atoms with van der Waals surface area (Å²) in [5, 5.41) is 3.75. The fraction of sp³-hybridized carbons (Fsp3) is 1.00. The molecule has 14 heavy (non-hydrogen) atoms. The van der Waals surface area contributed by atoms with Gasteiger partial charge in [0.1, 0.15) is 0 Å². The first-order valence-electron chi connectivity index (χ1n) is 6.27. The summed E-state index contributed by atoms with van der Waals surface area (Å²) < 4.78 is 0. The molecule has 3 rings (SSSR count). The number of piperazine rings is 1. The van der Waals surface area contributed by atoms with Crippen molar-refractivity contribution in [1.82, 2.24) is 10.2 Å². The summed E-state index contributed by atoms with van der Waals surface area (Å²) in [4.78, 5) is 2.75. The van der Waals surface area contributed by atoms with Gasteiger partial charge >= 0.3 is 0 Å². The Bertz CT molecular complexity index is 220. The van der Waals surface area contributed by atoms with Crippen LogP contribution in [0, 0.1) is 5.92 Å². The number of nitrogens with zero attached hydrogens (tertiary/aromatic N) is 1. The van der Waals surface area contributed by atoms with E-state index in [2.05, 4.69) is 17.1 Å². The Morgan fingerprint density at radius 2 is 2.00 bits per heavy atom. The molecule has 1 aliphatic heterocycles. The zero-order valence-electron chi connectivity index (χ0n) is 9.26. The van der Waals surface area contributed by atoms with E-state index < -0.39 is 0 Å². The summed E-state index contributed by atoms with van der Waals surface area (Å²) in [5.41, 5.74) is 0.452. The molecule has 2 aliphatic carbocycles. The highest BCUT2D eigenvalue weighted by atomic mass is 15.3. The van der Waals surface area contributed by atoms with Crippen LogP contribution < -0.4 is 5.32 Å². The number of rotatable bonds is 2. The van der Waals surface area contributed by atoms with Crippen molar-refractivity contribution in [3.63, 3.8) is 0 Å². The van der Waals surface area contributed by atoms with Crippen molar-refractivity contribution < 1.29 is 0 Å². The van der Waals surface area contributed by atoms with Crippen LogP contribution in [0.5, 0.6) is 0 Å². The van der Waals surface area contributed by atoms with Crippen LogP contribution in [0.4, 0.5) is 0 Å². The van der Waals surface area contributed by atoms with Crippen LogP contribution in [-0.4, -0.2) is 36.1 Å². The minimum absolute atomic E-state index is 0.452. The molecular weight excluding hydrogens is 172 g/mol. The molecule has 3 aliphatic rings. The van der Waals surface area contributed by atoms with Gasteiger partial charge in [-0.25, -0.2) is 0 Å². The van der Waals surface area contributed by atoms with Crippen LogP contribution in [0.1, 0.15) is 39.0 Å². The molecule has 1 N–H and O–H groups in total. The molecule has 1 unspecified atom stereocenters. The molecule has 0 aromatic rings. The highest BCUT2D eigenvalue weighted by Crippen LogP contribution is 2.41. The standard InChI is InChI=1S/C12H22N2/c1-12(10-5-6-10)9-14(8-7-13-12)11-3-2-4-11/h10-11,13H,2-9H2,1H3. The Kier molecular flexibility index (Phi) is 2.10. The first-order valence-corrected chi connectivity index (χ1v) is 6.27. The van der Waals surface area contributed by atoms with Gasteiger partial charge in [0, 0.05) is 31.2 Å². The molecule has 0 radical (unpaired) electrons. The van der Waals surface area contributed by atoms with Gasteiger partial charge in [-0.15, -0.1) is 0 Å². The Labute approximate surface area is 87.0 Å². The van der Waals surface area contributed by atoms with Gasteiger partial charge in [-0.05, 0) is 38.5 Å². The Balaban J connectivity index is 1.64. The Hall–Kier alpha value is -0.0800. The lowest BCUT2D eigenvalue weighted by atomic mass is 9.86. The molecule has 0 aromatic carbocycles. The molecule has 0 spiro atoms. The molecule has 0 bridgehead atoms. The summed E-state index contributed by atoms with van der Waals surface area (Å²) >= 11 is 0. The molecular formula is C12H22N2. The first kappa shape index (κ1) is 9.17. The minimum Gasteiger partial charge on any atom is -0.309 e. The van der Waals surface area contributed by atoms with Crippen LogP contribution in [0.2, 0.25) is 0 Å². The van der Waals surface area contributed by atoms with E-state index in [0.717, 1.165) is 12.0 Å². The van der Waals surface area contributed by atoms with E-state index >= 15 is 0 Å². The molecule has 1 atom stereocenters. The molecule has 80 valence electrons. The summed E-state index contributed by atoms with van der Waals surface area (Å²) in [7, 11) is 0. The summed E-state index contributed by atoms with van der Waals surface area (Å²) in [6.07, 6.45) is 7.31. The van der Waals surface area contributed by atoms with Crippen LogP contribution in [-0.2, 0) is 0 Å². The van der Waals surface area contributed by atoms with Crippen molar-refractivity contribution in [2.24, 2.45) is 5.92 Å². The largest absolute Gasteiger partial charge is 0.309 e. The average molecular weight is 194 g/mol. The van der Waals surface area contributed by atoms with E-state index in [1.165, 1.54) is 51.7 Å². The number of hydrogen-bond acceptors (Lipinski definition) is 2. The van der Waals surface area contributed by atoms with Gasteiger partial charge in [0.05, 0.1) is 0 Å². The second kappa shape index (κ2) is 3.21. The molecule has 1 heterocycles. The van der Waals surface area contributed by atoms with Gasteiger partial charge in [0.25, 0.3) is 0 Å². The molecule has 0 amide bonds. The highest BCUT2D eigenvalue weighted by Gasteiger charge is 2.45. The predicted octanol–water partition coefficient (Wildman–Crippen LogP) is 1.61. The maximum absolute atomic E-state index is 3.75. The van der Waals surface area contributed by atoms with Crippen molar-refractivity contribution in [3.05, 3.63) is 0 Å². The van der Waals surface area contributed by atoms with Gasteiger partial charge in [-0.2, -0.15) is 0 Å². The van der Waals surface area contributed by atoms with Gasteiger partial charge in [0.15, 0.2) is 0 Å². The predicted molar refractivity (Wildman–Crippen MR) is 58.3 cm³/mol. The van der Waals surface area contributed by atoms with Crippen LogP contribution in [0.15, 0.2) is 0 Å². The summed E-state index contributed by atoms with van der Waals surface area (Å²) in [6, 6.07) is 0.940. The fourth-order valence-electron chi connectivity index (χ4n) is 3.10. The van der Waals surface area contributed by atoms with E-state index in [9.17, 15) is 0 Å². The SMILES string of the molecule is CC1(C2CC2)CN(C2CCC2)CCN1. The fourth-order valence-corrected chi connectivity index (χ4v) is 3.10. The Morgan fingerprint density at radius 3 is 2.57 bits per heavy atom. The lowest BCUT2D eigenvalue weighted by Gasteiger charge is -2.47. The second-order valence-corrected chi connectivity index (χ2v) is 5.67. The van der Waals surface area contributed by atoms with Crippen LogP contribution in [0.3, 0.4) is 0 Å². The molecule has 0 aromatic heterocycles. The lowest BCUT2D eigenvalue weighted by Crippen LogP contribution is -2.62. The highest BCUT2D eigenvalue weighted by molar-refractivity contribution is 5.03. The number of hydrogen-bond donors (Lipinski definition) is 1. The first-order chi connectivity index (χ1) is 6.78. The van der Waals surface area contributed by atoms with Crippen molar-refractivity contribution in [2.45, 2.75) is 50.6 Å². The summed E-state index contributed by atoms with van der Waals surface area (Å²) in [6.45, 7) is 6.24. The third-order valence-corrected chi connectivity index (χ3v) is 4.53. The van der Waals surface area contributed by atoms with E-state index in [-0.39, 0.29) is 0 Å². The van der Waals surface area contributed by atoms with E-state index in [4.69, 9.17) is 0 Å². The zero-order valence-corrected chi connectivity index (χ0v) is 9.26. The molecule has 1 saturated heterocycles. The van der Waals surface area contributed by atoms with E-state index in [0.29, 0.717) is 5.54 Å². The quantitative estimate of drug-likeness (QED) is 0.718. The average Bonchev–Trinajstić information content (AvgIpc) is 2.82. The number of nitrogens with one attached hydrogen (secondary N) is 1. The van der Waals surface area contributed by atoms with Crippen molar-refractivity contribution in [3.8, 4) is 0 Å². The molecule has 2 nitrogen and oxygen atoms in total. The second-order valence-electron chi connectivity index (χ2n) is 5.67. The third-order valence-electron chi connectivity index (χ3n) is 4.53. The topological polar surface area (TPSA) is 15.3 Å². The Morgan fingerprint density at radius 1 is 1.21 bits per heavy atom. The summed E-state index contributed by atoms with van der Waals surface area (Å²) in [5.74, 6) is 0.977. The minimum atomic E-state index is 0.452. The van der Waals surface area contributed by atoms with Crippen molar-refractivity contribution >= 4 is 0 Å². The van der Waals surface area contributed by atoms with Gasteiger partial charge in [-0.1, -0.05) is 6.42 Å². The van der Waals surface area contributed by atoms with E-state index in [1.807, 2.05) is 0 Å². The lowest BCUT2D eigenvalue weighted by molar-refractivity contribution is 0.0535. The maximum atomic E-state index is 3.75. The molecule has 3 fully saturated rings.